The summed E-state index contributed by atoms with van der Waals surface area (Å²) < 4.78 is 0.950. The predicted molar refractivity (Wildman–Crippen MR) is 72.2 cm³/mol. The highest BCUT2D eigenvalue weighted by Crippen LogP contribution is 2.22. The van der Waals surface area contributed by atoms with Crippen LogP contribution in [0.3, 0.4) is 0 Å². The Hall–Kier alpha value is -0.890. The lowest BCUT2D eigenvalue weighted by atomic mass is 9.89. The molecule has 3 heteroatoms. The average Bonchev–Trinajstić information content (AvgIpc) is 2.22. The van der Waals surface area contributed by atoms with E-state index in [1.165, 1.54) is 0 Å². The van der Waals surface area contributed by atoms with Gasteiger partial charge in [0.1, 0.15) is 5.92 Å². The van der Waals surface area contributed by atoms with Gasteiger partial charge >= 0.3 is 0 Å². The Balaban J connectivity index is 3.15. The third-order valence-corrected chi connectivity index (χ3v) is 3.98. The molecule has 1 unspecified atom stereocenters. The van der Waals surface area contributed by atoms with Crippen molar-refractivity contribution in [2.24, 2.45) is 11.8 Å². The molecule has 0 amide bonds. The highest BCUT2D eigenvalue weighted by atomic mass is 127. The molecule has 0 heterocycles. The molecule has 0 N–H and O–H groups in total. The summed E-state index contributed by atoms with van der Waals surface area (Å²) >= 11 is 2.16. The molecule has 1 aromatic carbocycles. The molecule has 0 radical (unpaired) electrons. The maximum absolute atomic E-state index is 12.2. The number of Topliss-reactive ketones (excluding diaryl/α,β-unsaturated/α-hetero) is 1. The molecule has 1 aromatic rings. The van der Waals surface area contributed by atoms with Crippen molar-refractivity contribution in [1.29, 1.82) is 5.26 Å². The molecule has 1 atom stereocenters. The summed E-state index contributed by atoms with van der Waals surface area (Å²) in [7, 11) is 0. The lowest BCUT2D eigenvalue weighted by Gasteiger charge is -2.13. The fourth-order valence-electron chi connectivity index (χ4n) is 1.52. The molecule has 0 aliphatic heterocycles. The van der Waals surface area contributed by atoms with Gasteiger partial charge < -0.3 is 0 Å². The molecular weight excluding hydrogens is 313 g/mol. The molecular formula is C13H14INO. The number of carbonyl (C=O) groups excluding carboxylic acids is 1. The summed E-state index contributed by atoms with van der Waals surface area (Å²) in [5.74, 6) is -0.560. The first-order valence-corrected chi connectivity index (χ1v) is 6.25. The number of aryl methyl sites for hydroxylation is 1. The molecule has 0 fully saturated rings. The van der Waals surface area contributed by atoms with Crippen molar-refractivity contribution >= 4 is 28.4 Å². The fourth-order valence-corrected chi connectivity index (χ4v) is 2.14. The summed E-state index contributed by atoms with van der Waals surface area (Å²) in [5, 5.41) is 9.02. The molecule has 0 saturated heterocycles. The normalized spacial score (nSPS) is 12.2. The Morgan fingerprint density at radius 1 is 1.44 bits per heavy atom. The van der Waals surface area contributed by atoms with Crippen molar-refractivity contribution in [3.8, 4) is 6.07 Å². The van der Waals surface area contributed by atoms with Gasteiger partial charge in [-0.05, 0) is 41.0 Å². The van der Waals surface area contributed by atoms with Crippen molar-refractivity contribution < 1.29 is 4.79 Å². The van der Waals surface area contributed by atoms with E-state index < -0.39 is 5.92 Å². The van der Waals surface area contributed by atoms with Gasteiger partial charge in [0.05, 0.1) is 6.07 Å². The second-order valence-corrected chi connectivity index (χ2v) is 5.23. The van der Waals surface area contributed by atoms with Crippen LogP contribution in [0.15, 0.2) is 18.2 Å². The van der Waals surface area contributed by atoms with E-state index in [1.54, 1.807) is 6.07 Å². The summed E-state index contributed by atoms with van der Waals surface area (Å²) in [5.41, 5.74) is 1.74. The Morgan fingerprint density at radius 3 is 2.56 bits per heavy atom. The second kappa shape index (κ2) is 5.44. The van der Waals surface area contributed by atoms with Crippen molar-refractivity contribution in [3.05, 3.63) is 32.9 Å². The molecule has 0 aliphatic rings. The first kappa shape index (κ1) is 13.2. The molecule has 84 valence electrons. The van der Waals surface area contributed by atoms with Crippen molar-refractivity contribution in [2.75, 3.05) is 0 Å². The van der Waals surface area contributed by atoms with Crippen LogP contribution >= 0.6 is 22.6 Å². The number of hydrogen-bond acceptors (Lipinski definition) is 2. The minimum atomic E-state index is -0.546. The lowest BCUT2D eigenvalue weighted by Crippen LogP contribution is -2.19. The topological polar surface area (TPSA) is 40.9 Å². The quantitative estimate of drug-likeness (QED) is 0.629. The number of halogens is 1. The largest absolute Gasteiger partial charge is 0.293 e. The molecule has 1 rings (SSSR count). The number of hydrogen-bond donors (Lipinski definition) is 0. The van der Waals surface area contributed by atoms with E-state index in [9.17, 15) is 4.79 Å². The van der Waals surface area contributed by atoms with E-state index in [2.05, 4.69) is 28.7 Å². The van der Waals surface area contributed by atoms with Gasteiger partial charge in [-0.15, -0.1) is 0 Å². The Bertz CT molecular complexity index is 446. The highest BCUT2D eigenvalue weighted by Gasteiger charge is 2.24. The van der Waals surface area contributed by atoms with Gasteiger partial charge in [-0.3, -0.25) is 4.79 Å². The van der Waals surface area contributed by atoms with Crippen LogP contribution in [0, 0.1) is 33.7 Å². The Kier molecular flexibility index (Phi) is 4.48. The Labute approximate surface area is 110 Å². The summed E-state index contributed by atoms with van der Waals surface area (Å²) in [6, 6.07) is 7.72. The van der Waals surface area contributed by atoms with E-state index in [-0.39, 0.29) is 11.7 Å². The third-order valence-electron chi connectivity index (χ3n) is 2.55. The first-order chi connectivity index (χ1) is 7.49. The summed E-state index contributed by atoms with van der Waals surface area (Å²) in [6.45, 7) is 5.76. The minimum absolute atomic E-state index is 0.0498. The van der Waals surface area contributed by atoms with Crippen molar-refractivity contribution in [2.45, 2.75) is 20.8 Å². The monoisotopic (exact) mass is 327 g/mol. The van der Waals surface area contributed by atoms with Crippen LogP contribution in [0.5, 0.6) is 0 Å². The van der Waals surface area contributed by atoms with Gasteiger partial charge in [0, 0.05) is 9.13 Å². The lowest BCUT2D eigenvalue weighted by molar-refractivity contribution is 0.0923. The molecule has 0 spiro atoms. The number of carbonyl (C=O) groups is 1. The van der Waals surface area contributed by atoms with Crippen LogP contribution in [0.25, 0.3) is 0 Å². The van der Waals surface area contributed by atoms with E-state index in [1.807, 2.05) is 32.9 Å². The second-order valence-electron chi connectivity index (χ2n) is 4.15. The van der Waals surface area contributed by atoms with Gasteiger partial charge in [0.25, 0.3) is 0 Å². The SMILES string of the molecule is Cc1cccc(C(=O)C(C#N)C(C)C)c1I. The number of ketones is 1. The van der Waals surface area contributed by atoms with Gasteiger partial charge in [0.2, 0.25) is 0 Å². The molecule has 0 aliphatic carbocycles. The minimum Gasteiger partial charge on any atom is -0.293 e. The van der Waals surface area contributed by atoms with Gasteiger partial charge in [-0.25, -0.2) is 0 Å². The van der Waals surface area contributed by atoms with Crippen LogP contribution in [0.2, 0.25) is 0 Å². The van der Waals surface area contributed by atoms with Crippen LogP contribution in [0.4, 0.5) is 0 Å². The van der Waals surface area contributed by atoms with E-state index in [0.717, 1.165) is 9.13 Å². The fraction of sp³-hybridized carbons (Fsp3) is 0.385. The Morgan fingerprint density at radius 2 is 2.06 bits per heavy atom. The van der Waals surface area contributed by atoms with Gasteiger partial charge in [0.15, 0.2) is 5.78 Å². The molecule has 0 aromatic heterocycles. The maximum atomic E-state index is 12.2. The van der Waals surface area contributed by atoms with Crippen LogP contribution in [-0.2, 0) is 0 Å². The van der Waals surface area contributed by atoms with Crippen molar-refractivity contribution in [3.63, 3.8) is 0 Å². The molecule has 16 heavy (non-hydrogen) atoms. The number of nitrogens with zero attached hydrogens (tertiary/aromatic N) is 1. The van der Waals surface area contributed by atoms with Crippen LogP contribution < -0.4 is 0 Å². The smallest absolute Gasteiger partial charge is 0.181 e. The van der Waals surface area contributed by atoms with Gasteiger partial charge in [-0.1, -0.05) is 32.0 Å². The summed E-state index contributed by atoms with van der Waals surface area (Å²) in [4.78, 5) is 12.2. The van der Waals surface area contributed by atoms with E-state index in [0.29, 0.717) is 5.56 Å². The zero-order valence-corrected chi connectivity index (χ0v) is 11.8. The van der Waals surface area contributed by atoms with E-state index in [4.69, 9.17) is 5.26 Å². The number of benzene rings is 1. The van der Waals surface area contributed by atoms with E-state index >= 15 is 0 Å². The average molecular weight is 327 g/mol. The molecule has 0 saturated carbocycles. The maximum Gasteiger partial charge on any atom is 0.181 e. The van der Waals surface area contributed by atoms with Crippen LogP contribution in [-0.4, -0.2) is 5.78 Å². The number of rotatable bonds is 3. The first-order valence-electron chi connectivity index (χ1n) is 5.18. The zero-order valence-electron chi connectivity index (χ0n) is 9.62. The molecule has 0 bridgehead atoms. The standard InChI is InChI=1S/C13H14INO/c1-8(2)11(7-15)13(16)10-6-4-5-9(3)12(10)14/h4-6,8,11H,1-3H3. The van der Waals surface area contributed by atoms with Crippen LogP contribution in [0.1, 0.15) is 29.8 Å². The third kappa shape index (κ3) is 2.62. The highest BCUT2D eigenvalue weighted by molar-refractivity contribution is 14.1. The van der Waals surface area contributed by atoms with Crippen molar-refractivity contribution in [1.82, 2.24) is 0 Å². The van der Waals surface area contributed by atoms with Gasteiger partial charge in [-0.2, -0.15) is 5.26 Å². The molecule has 2 nitrogen and oxygen atoms in total. The zero-order chi connectivity index (χ0) is 12.3. The summed E-state index contributed by atoms with van der Waals surface area (Å²) in [6.07, 6.45) is 0. The number of nitriles is 1. The predicted octanol–water partition coefficient (Wildman–Crippen LogP) is 3.58.